The van der Waals surface area contributed by atoms with Crippen LogP contribution in [0.1, 0.15) is 18.9 Å². The van der Waals surface area contributed by atoms with Crippen LogP contribution in [0.15, 0.2) is 29.3 Å². The number of benzene rings is 1. The van der Waals surface area contributed by atoms with Gasteiger partial charge in [-0.2, -0.15) is 0 Å². The molecular formula is C19H33N3O4. The average molecular weight is 367 g/mol. The van der Waals surface area contributed by atoms with Gasteiger partial charge in [-0.05, 0) is 38.0 Å². The molecule has 148 valence electrons. The number of ether oxygens (including phenoxy) is 3. The van der Waals surface area contributed by atoms with Crippen LogP contribution in [-0.2, 0) is 9.47 Å². The highest BCUT2D eigenvalue weighted by Crippen LogP contribution is 2.12. The van der Waals surface area contributed by atoms with Crippen molar-refractivity contribution in [2.24, 2.45) is 4.99 Å². The number of nitrogens with one attached hydrogen (secondary N) is 2. The molecule has 0 bridgehead atoms. The number of nitrogens with zero attached hydrogens (tertiary/aromatic N) is 1. The SMILES string of the molecule is CCNC(=NCC(O)COc1cccc(C)c1)NCCCOCCOC. The number of rotatable bonds is 13. The summed E-state index contributed by atoms with van der Waals surface area (Å²) in [6.07, 6.45) is 0.205. The second kappa shape index (κ2) is 14.4. The summed E-state index contributed by atoms with van der Waals surface area (Å²) in [6, 6.07) is 7.76. The van der Waals surface area contributed by atoms with Crippen molar-refractivity contribution in [1.82, 2.24) is 10.6 Å². The number of methoxy groups -OCH3 is 1. The smallest absolute Gasteiger partial charge is 0.191 e. The summed E-state index contributed by atoms with van der Waals surface area (Å²) < 4.78 is 15.9. The molecule has 1 rings (SSSR count). The third-order valence-corrected chi connectivity index (χ3v) is 3.43. The van der Waals surface area contributed by atoms with Crippen LogP contribution < -0.4 is 15.4 Å². The zero-order chi connectivity index (χ0) is 19.0. The van der Waals surface area contributed by atoms with Crippen molar-refractivity contribution in [1.29, 1.82) is 0 Å². The van der Waals surface area contributed by atoms with Crippen molar-refractivity contribution in [2.75, 3.05) is 53.2 Å². The van der Waals surface area contributed by atoms with E-state index in [-0.39, 0.29) is 13.2 Å². The molecule has 0 amide bonds. The van der Waals surface area contributed by atoms with E-state index in [0.29, 0.717) is 25.8 Å². The third-order valence-electron chi connectivity index (χ3n) is 3.43. The van der Waals surface area contributed by atoms with Crippen molar-refractivity contribution >= 4 is 5.96 Å². The largest absolute Gasteiger partial charge is 0.491 e. The van der Waals surface area contributed by atoms with Gasteiger partial charge in [-0.25, -0.2) is 0 Å². The number of aliphatic hydroxyl groups is 1. The first-order chi connectivity index (χ1) is 12.7. The van der Waals surface area contributed by atoms with Crippen LogP contribution in [0.3, 0.4) is 0 Å². The fourth-order valence-corrected chi connectivity index (χ4v) is 2.11. The second-order valence-corrected chi connectivity index (χ2v) is 5.89. The maximum Gasteiger partial charge on any atom is 0.191 e. The van der Waals surface area contributed by atoms with E-state index in [0.717, 1.165) is 30.8 Å². The van der Waals surface area contributed by atoms with Gasteiger partial charge < -0.3 is 30.0 Å². The highest BCUT2D eigenvalue weighted by Gasteiger charge is 2.06. The molecule has 26 heavy (non-hydrogen) atoms. The molecule has 7 nitrogen and oxygen atoms in total. The normalized spacial score (nSPS) is 12.7. The number of aryl methyl sites for hydroxylation is 1. The Morgan fingerprint density at radius 1 is 1.23 bits per heavy atom. The third kappa shape index (κ3) is 10.9. The molecule has 0 aromatic heterocycles. The predicted molar refractivity (Wildman–Crippen MR) is 104 cm³/mol. The summed E-state index contributed by atoms with van der Waals surface area (Å²) >= 11 is 0. The monoisotopic (exact) mass is 367 g/mol. The van der Waals surface area contributed by atoms with E-state index in [9.17, 15) is 5.11 Å². The predicted octanol–water partition coefficient (Wildman–Crippen LogP) is 1.34. The minimum absolute atomic E-state index is 0.208. The van der Waals surface area contributed by atoms with E-state index in [1.165, 1.54) is 0 Å². The average Bonchev–Trinajstić information content (AvgIpc) is 2.63. The topological polar surface area (TPSA) is 84.3 Å². The number of guanidine groups is 1. The van der Waals surface area contributed by atoms with Crippen molar-refractivity contribution < 1.29 is 19.3 Å². The quantitative estimate of drug-likeness (QED) is 0.277. The fourth-order valence-electron chi connectivity index (χ4n) is 2.11. The van der Waals surface area contributed by atoms with Gasteiger partial charge in [-0.1, -0.05) is 12.1 Å². The van der Waals surface area contributed by atoms with Crippen LogP contribution in [0.4, 0.5) is 0 Å². The van der Waals surface area contributed by atoms with Crippen molar-refractivity contribution in [3.8, 4) is 5.75 Å². The molecule has 0 radical (unpaired) electrons. The van der Waals surface area contributed by atoms with Crippen LogP contribution in [0.25, 0.3) is 0 Å². The molecule has 0 saturated heterocycles. The van der Waals surface area contributed by atoms with Crippen LogP contribution in [0.5, 0.6) is 5.75 Å². The van der Waals surface area contributed by atoms with Gasteiger partial charge in [0.05, 0.1) is 19.8 Å². The van der Waals surface area contributed by atoms with E-state index < -0.39 is 6.10 Å². The molecule has 0 saturated carbocycles. The van der Waals surface area contributed by atoms with Gasteiger partial charge in [-0.3, -0.25) is 4.99 Å². The molecule has 1 atom stereocenters. The highest BCUT2D eigenvalue weighted by molar-refractivity contribution is 5.79. The molecule has 1 aromatic carbocycles. The lowest BCUT2D eigenvalue weighted by Gasteiger charge is -2.14. The van der Waals surface area contributed by atoms with E-state index >= 15 is 0 Å². The van der Waals surface area contributed by atoms with E-state index in [1.54, 1.807) is 7.11 Å². The Morgan fingerprint density at radius 3 is 2.81 bits per heavy atom. The molecule has 0 aliphatic heterocycles. The molecule has 7 heteroatoms. The van der Waals surface area contributed by atoms with E-state index in [4.69, 9.17) is 14.2 Å². The summed E-state index contributed by atoms with van der Waals surface area (Å²) in [7, 11) is 1.66. The summed E-state index contributed by atoms with van der Waals surface area (Å²) in [5, 5.41) is 16.4. The van der Waals surface area contributed by atoms with Gasteiger partial charge in [0.2, 0.25) is 0 Å². The molecular weight excluding hydrogens is 334 g/mol. The van der Waals surface area contributed by atoms with E-state index in [1.807, 2.05) is 38.1 Å². The van der Waals surface area contributed by atoms with Crippen molar-refractivity contribution in [3.05, 3.63) is 29.8 Å². The van der Waals surface area contributed by atoms with Crippen molar-refractivity contribution in [2.45, 2.75) is 26.4 Å². The summed E-state index contributed by atoms with van der Waals surface area (Å²) in [6.45, 7) is 7.87. The molecule has 0 fully saturated rings. The zero-order valence-corrected chi connectivity index (χ0v) is 16.2. The molecule has 0 heterocycles. The Morgan fingerprint density at radius 2 is 2.08 bits per heavy atom. The Hall–Kier alpha value is -1.83. The van der Waals surface area contributed by atoms with Crippen LogP contribution >= 0.6 is 0 Å². The number of hydrogen-bond acceptors (Lipinski definition) is 5. The number of aliphatic imine (C=N–C) groups is 1. The second-order valence-electron chi connectivity index (χ2n) is 5.89. The maximum atomic E-state index is 10.1. The first-order valence-electron chi connectivity index (χ1n) is 9.12. The standard InChI is InChI=1S/C19H33N3O4/c1-4-20-19(21-9-6-10-25-12-11-24-3)22-14-17(23)15-26-18-8-5-7-16(2)13-18/h5,7-8,13,17,23H,4,6,9-12,14-15H2,1-3H3,(H2,20,21,22). The summed E-state index contributed by atoms with van der Waals surface area (Å²) in [4.78, 5) is 4.39. The lowest BCUT2D eigenvalue weighted by Crippen LogP contribution is -2.39. The van der Waals surface area contributed by atoms with E-state index in [2.05, 4.69) is 15.6 Å². The summed E-state index contributed by atoms with van der Waals surface area (Å²) in [5.41, 5.74) is 1.12. The molecule has 3 N–H and O–H groups in total. The molecule has 1 aromatic rings. The van der Waals surface area contributed by atoms with Gasteiger partial charge in [0.15, 0.2) is 5.96 Å². The molecule has 1 unspecified atom stereocenters. The maximum absolute atomic E-state index is 10.1. The van der Waals surface area contributed by atoms with Gasteiger partial charge in [-0.15, -0.1) is 0 Å². The highest BCUT2D eigenvalue weighted by atomic mass is 16.5. The Bertz CT molecular complexity index is 511. The van der Waals surface area contributed by atoms with Gasteiger partial charge >= 0.3 is 0 Å². The number of hydrogen-bond donors (Lipinski definition) is 3. The Labute approximate surface area is 156 Å². The Kier molecular flexibility index (Phi) is 12.3. The first kappa shape index (κ1) is 22.2. The molecule has 0 aliphatic rings. The lowest BCUT2D eigenvalue weighted by atomic mass is 10.2. The van der Waals surface area contributed by atoms with Crippen LogP contribution in [-0.4, -0.2) is 70.3 Å². The lowest BCUT2D eigenvalue weighted by molar-refractivity contribution is 0.0698. The van der Waals surface area contributed by atoms with Gasteiger partial charge in [0.25, 0.3) is 0 Å². The van der Waals surface area contributed by atoms with Crippen LogP contribution in [0, 0.1) is 6.92 Å². The van der Waals surface area contributed by atoms with Gasteiger partial charge in [0.1, 0.15) is 18.5 Å². The Balaban J connectivity index is 2.26. The van der Waals surface area contributed by atoms with Crippen LogP contribution in [0.2, 0.25) is 0 Å². The minimum Gasteiger partial charge on any atom is -0.491 e. The minimum atomic E-state index is -0.664. The number of aliphatic hydroxyl groups excluding tert-OH is 1. The molecule has 0 spiro atoms. The first-order valence-corrected chi connectivity index (χ1v) is 9.12. The van der Waals surface area contributed by atoms with Gasteiger partial charge in [0, 0.05) is 26.8 Å². The molecule has 0 aliphatic carbocycles. The summed E-state index contributed by atoms with van der Waals surface area (Å²) in [5.74, 6) is 1.44. The van der Waals surface area contributed by atoms with Crippen molar-refractivity contribution in [3.63, 3.8) is 0 Å². The zero-order valence-electron chi connectivity index (χ0n) is 16.2. The fraction of sp³-hybridized carbons (Fsp3) is 0.632.